The largest absolute Gasteiger partial charge is 0.379 e. The average Bonchev–Trinajstić information content (AvgIpc) is 3.22. The van der Waals surface area contributed by atoms with Gasteiger partial charge in [-0.25, -0.2) is 8.91 Å². The van der Waals surface area contributed by atoms with Crippen LogP contribution >= 0.6 is 0 Å². The molecule has 1 aromatic carbocycles. The number of anilines is 1. The fourth-order valence-corrected chi connectivity index (χ4v) is 4.29. The van der Waals surface area contributed by atoms with Crippen LogP contribution in [-0.2, 0) is 0 Å². The smallest absolute Gasteiger partial charge is 0.252 e. The summed E-state index contributed by atoms with van der Waals surface area (Å²) in [6.45, 7) is 6.27. The van der Waals surface area contributed by atoms with Gasteiger partial charge in [0.15, 0.2) is 0 Å². The first kappa shape index (κ1) is 20.8. The number of benzene rings is 1. The number of rotatable bonds is 4. The van der Waals surface area contributed by atoms with E-state index < -0.39 is 11.7 Å². The van der Waals surface area contributed by atoms with Crippen LogP contribution in [0.15, 0.2) is 36.7 Å². The molecule has 31 heavy (non-hydrogen) atoms. The molecule has 2 heterocycles. The Hall–Kier alpha value is -3.44. The van der Waals surface area contributed by atoms with E-state index >= 15 is 0 Å². The number of hydrogen-bond acceptors (Lipinski definition) is 5. The summed E-state index contributed by atoms with van der Waals surface area (Å²) in [4.78, 5) is 12.1. The first-order chi connectivity index (χ1) is 14.5. The molecule has 2 atom stereocenters. The summed E-state index contributed by atoms with van der Waals surface area (Å²) in [5.74, 6) is -1.18. The van der Waals surface area contributed by atoms with Crippen LogP contribution < -0.4 is 16.8 Å². The van der Waals surface area contributed by atoms with Crippen molar-refractivity contribution in [3.63, 3.8) is 0 Å². The van der Waals surface area contributed by atoms with Crippen molar-refractivity contribution in [3.05, 3.63) is 53.6 Å². The van der Waals surface area contributed by atoms with E-state index in [-0.39, 0.29) is 28.1 Å². The second kappa shape index (κ2) is 7.06. The number of nitrogens with zero attached hydrogens (tertiary/aromatic N) is 3. The Kier molecular flexibility index (Phi) is 4.74. The van der Waals surface area contributed by atoms with Crippen LogP contribution in [0.4, 0.5) is 10.1 Å². The molecule has 7 nitrogen and oxygen atoms in total. The predicted octanol–water partition coefficient (Wildman–Crippen LogP) is 3.43. The van der Waals surface area contributed by atoms with E-state index in [2.05, 4.69) is 24.3 Å². The lowest BCUT2D eigenvalue weighted by molar-refractivity contribution is 0.100. The van der Waals surface area contributed by atoms with Crippen molar-refractivity contribution < 1.29 is 9.18 Å². The van der Waals surface area contributed by atoms with Crippen molar-refractivity contribution in [3.8, 4) is 17.2 Å². The zero-order valence-corrected chi connectivity index (χ0v) is 17.7. The number of nitrogens with one attached hydrogen (secondary N) is 1. The Morgan fingerprint density at radius 2 is 2.06 bits per heavy atom. The van der Waals surface area contributed by atoms with Crippen molar-refractivity contribution in [2.75, 3.05) is 5.32 Å². The van der Waals surface area contributed by atoms with Gasteiger partial charge in [0.2, 0.25) is 0 Å². The number of primary amides is 1. The topological polar surface area (TPSA) is 122 Å². The molecule has 1 fully saturated rings. The lowest BCUT2D eigenvalue weighted by atomic mass is 9.75. The number of carbonyl (C=O) groups excluding carboxylic acids is 1. The van der Waals surface area contributed by atoms with Gasteiger partial charge in [-0.2, -0.15) is 10.4 Å². The van der Waals surface area contributed by atoms with E-state index in [4.69, 9.17) is 16.7 Å². The monoisotopic (exact) mass is 420 g/mol. The Bertz CT molecular complexity index is 1240. The zero-order chi connectivity index (χ0) is 22.6. The Morgan fingerprint density at radius 1 is 1.32 bits per heavy atom. The van der Waals surface area contributed by atoms with Crippen LogP contribution in [0.1, 0.15) is 49.5 Å². The summed E-state index contributed by atoms with van der Waals surface area (Å²) in [7, 11) is 0. The molecule has 1 aliphatic rings. The van der Waals surface area contributed by atoms with Crippen LogP contribution in [0.2, 0.25) is 0 Å². The fourth-order valence-electron chi connectivity index (χ4n) is 4.29. The van der Waals surface area contributed by atoms with Crippen LogP contribution in [0.3, 0.4) is 0 Å². The minimum Gasteiger partial charge on any atom is -0.379 e. The third-order valence-electron chi connectivity index (χ3n) is 6.94. The quantitative estimate of drug-likeness (QED) is 0.597. The Labute approximate surface area is 179 Å². The molecule has 0 radical (unpaired) electrons. The maximum atomic E-state index is 14.1. The lowest BCUT2D eigenvalue weighted by Crippen LogP contribution is -2.51. The normalized spacial score (nSPS) is 22.4. The predicted molar refractivity (Wildman–Crippen MR) is 117 cm³/mol. The highest BCUT2D eigenvalue weighted by Crippen LogP contribution is 2.46. The highest BCUT2D eigenvalue weighted by Gasteiger charge is 2.49. The number of aromatic nitrogens is 2. The molecule has 1 aliphatic carbocycles. The van der Waals surface area contributed by atoms with E-state index in [0.717, 1.165) is 12.8 Å². The zero-order valence-electron chi connectivity index (χ0n) is 17.7. The van der Waals surface area contributed by atoms with E-state index in [0.29, 0.717) is 22.3 Å². The van der Waals surface area contributed by atoms with Crippen molar-refractivity contribution in [1.82, 2.24) is 9.61 Å². The molecular formula is C23H25FN6O. The van der Waals surface area contributed by atoms with Crippen LogP contribution in [-0.4, -0.2) is 27.1 Å². The van der Waals surface area contributed by atoms with E-state index in [1.165, 1.54) is 18.3 Å². The molecule has 1 saturated carbocycles. The fraction of sp³-hybridized carbons (Fsp3) is 0.348. The van der Waals surface area contributed by atoms with Gasteiger partial charge in [0, 0.05) is 28.8 Å². The van der Waals surface area contributed by atoms with Crippen LogP contribution in [0.25, 0.3) is 16.6 Å². The third-order valence-corrected chi connectivity index (χ3v) is 6.94. The highest BCUT2D eigenvalue weighted by molar-refractivity contribution is 6.02. The van der Waals surface area contributed by atoms with Gasteiger partial charge in [0.25, 0.3) is 5.91 Å². The number of hydrogen-bond donors (Lipinski definition) is 3. The SMILES string of the molecule is CC1(C)[C@H](Nc2c(C(N)=O)cnn3cc(-c4ccc(C#N)c(F)c4)cc23)CC[C@]1(C)N. The summed E-state index contributed by atoms with van der Waals surface area (Å²) in [5, 5.41) is 16.8. The van der Waals surface area contributed by atoms with Crippen molar-refractivity contribution in [1.29, 1.82) is 5.26 Å². The maximum absolute atomic E-state index is 14.1. The number of nitrogens with two attached hydrogens (primary N) is 2. The summed E-state index contributed by atoms with van der Waals surface area (Å²) >= 11 is 0. The van der Waals surface area contributed by atoms with Gasteiger partial charge in [-0.1, -0.05) is 19.9 Å². The second-order valence-electron chi connectivity index (χ2n) is 9.04. The molecular weight excluding hydrogens is 395 g/mol. The van der Waals surface area contributed by atoms with Crippen LogP contribution in [0.5, 0.6) is 0 Å². The summed E-state index contributed by atoms with van der Waals surface area (Å²) in [5.41, 5.74) is 14.4. The number of amides is 1. The minimum absolute atomic E-state index is 0.0164. The van der Waals surface area contributed by atoms with Gasteiger partial charge in [-0.3, -0.25) is 4.79 Å². The summed E-state index contributed by atoms with van der Waals surface area (Å²) < 4.78 is 15.8. The number of nitriles is 1. The molecule has 3 aromatic rings. The molecule has 160 valence electrons. The van der Waals surface area contributed by atoms with Crippen molar-refractivity contribution >= 4 is 17.1 Å². The van der Waals surface area contributed by atoms with Gasteiger partial charge >= 0.3 is 0 Å². The molecule has 0 unspecified atom stereocenters. The molecule has 4 rings (SSSR count). The molecule has 1 amide bonds. The molecule has 0 aliphatic heterocycles. The minimum atomic E-state index is -0.589. The molecule has 8 heteroatoms. The van der Waals surface area contributed by atoms with Gasteiger partial charge in [-0.15, -0.1) is 0 Å². The third kappa shape index (κ3) is 3.31. The van der Waals surface area contributed by atoms with Gasteiger partial charge < -0.3 is 16.8 Å². The van der Waals surface area contributed by atoms with Crippen molar-refractivity contribution in [2.24, 2.45) is 16.9 Å². The maximum Gasteiger partial charge on any atom is 0.252 e. The van der Waals surface area contributed by atoms with E-state index in [1.54, 1.807) is 16.8 Å². The molecule has 2 aromatic heterocycles. The van der Waals surface area contributed by atoms with Gasteiger partial charge in [0.1, 0.15) is 11.9 Å². The second-order valence-corrected chi connectivity index (χ2v) is 9.04. The lowest BCUT2D eigenvalue weighted by Gasteiger charge is -2.39. The van der Waals surface area contributed by atoms with Crippen LogP contribution in [0, 0.1) is 22.6 Å². The van der Waals surface area contributed by atoms with Gasteiger partial charge in [-0.05, 0) is 43.5 Å². The molecule has 0 bridgehead atoms. The average molecular weight is 420 g/mol. The van der Waals surface area contributed by atoms with E-state index in [1.807, 2.05) is 19.1 Å². The Morgan fingerprint density at radius 3 is 2.65 bits per heavy atom. The highest BCUT2D eigenvalue weighted by atomic mass is 19.1. The first-order valence-electron chi connectivity index (χ1n) is 10.1. The Balaban J connectivity index is 1.82. The van der Waals surface area contributed by atoms with Crippen molar-refractivity contribution in [2.45, 2.75) is 45.2 Å². The first-order valence-corrected chi connectivity index (χ1v) is 10.1. The molecule has 5 N–H and O–H groups in total. The molecule has 0 spiro atoms. The summed E-state index contributed by atoms with van der Waals surface area (Å²) in [6, 6.07) is 8.11. The van der Waals surface area contributed by atoms with E-state index in [9.17, 15) is 9.18 Å². The number of carbonyl (C=O) groups is 1. The standard InChI is InChI=1S/C23H25FN6O/c1-22(2)19(6-7-23(22,3)27)29-20-16(21(26)31)11-28-30-12-15(9-18(20)30)13-4-5-14(10-25)17(24)8-13/h4-5,8-9,11-12,19,29H,6-7,27H2,1-3H3,(H2,26,31)/t19-,23+/m1/s1. The number of halogens is 1. The van der Waals surface area contributed by atoms with Gasteiger partial charge in [0.05, 0.1) is 28.5 Å². The summed E-state index contributed by atoms with van der Waals surface area (Å²) in [6.07, 6.45) is 4.88. The number of fused-ring (bicyclic) bond motifs is 1. The molecule has 0 saturated heterocycles.